The quantitative estimate of drug-likeness (QED) is 0.481. The van der Waals surface area contributed by atoms with E-state index < -0.39 is 5.91 Å². The van der Waals surface area contributed by atoms with Gasteiger partial charge >= 0.3 is 0 Å². The fourth-order valence-electron chi connectivity index (χ4n) is 3.43. The monoisotopic (exact) mass is 461 g/mol. The van der Waals surface area contributed by atoms with Crippen molar-refractivity contribution >= 4 is 23.4 Å². The predicted molar refractivity (Wildman–Crippen MR) is 129 cm³/mol. The van der Waals surface area contributed by atoms with Gasteiger partial charge in [-0.2, -0.15) is 0 Å². The highest BCUT2D eigenvalue weighted by atomic mass is 19.1. The number of carbonyl (C=O) groups is 3. The predicted octanol–water partition coefficient (Wildman–Crippen LogP) is 3.85. The molecule has 6 nitrogen and oxygen atoms in total. The third kappa shape index (κ3) is 8.16. The van der Waals surface area contributed by atoms with Gasteiger partial charge in [-0.15, -0.1) is 0 Å². The molecule has 176 valence electrons. The molecule has 0 atom stereocenters. The van der Waals surface area contributed by atoms with Crippen LogP contribution in [0.2, 0.25) is 0 Å². The third-order valence-corrected chi connectivity index (χ3v) is 5.19. The van der Waals surface area contributed by atoms with Crippen molar-refractivity contribution in [1.82, 2.24) is 10.2 Å². The molecule has 0 heterocycles. The maximum atomic E-state index is 13.3. The highest BCUT2D eigenvalue weighted by Crippen LogP contribution is 2.11. The zero-order valence-corrected chi connectivity index (χ0v) is 19.1. The summed E-state index contributed by atoms with van der Waals surface area (Å²) in [6, 6.07) is 22.8. The van der Waals surface area contributed by atoms with E-state index in [2.05, 4.69) is 10.6 Å². The normalized spacial score (nSPS) is 10.4. The molecule has 7 heteroatoms. The van der Waals surface area contributed by atoms with Crippen molar-refractivity contribution in [3.8, 4) is 0 Å². The van der Waals surface area contributed by atoms with Crippen LogP contribution in [0.5, 0.6) is 0 Å². The number of rotatable bonds is 10. The van der Waals surface area contributed by atoms with Crippen molar-refractivity contribution in [1.29, 1.82) is 0 Å². The van der Waals surface area contributed by atoms with Gasteiger partial charge in [0.25, 0.3) is 0 Å². The van der Waals surface area contributed by atoms with Crippen molar-refractivity contribution in [2.75, 3.05) is 18.4 Å². The van der Waals surface area contributed by atoms with Crippen LogP contribution >= 0.6 is 0 Å². The molecule has 3 amide bonds. The van der Waals surface area contributed by atoms with Crippen molar-refractivity contribution in [3.05, 3.63) is 101 Å². The van der Waals surface area contributed by atoms with Gasteiger partial charge < -0.3 is 15.5 Å². The van der Waals surface area contributed by atoms with Crippen molar-refractivity contribution in [2.45, 2.75) is 26.3 Å². The van der Waals surface area contributed by atoms with Crippen LogP contribution in [0.1, 0.15) is 23.1 Å². The highest BCUT2D eigenvalue weighted by Gasteiger charge is 2.18. The Kier molecular flexibility index (Phi) is 8.91. The largest absolute Gasteiger partial charge is 0.345 e. The lowest BCUT2D eigenvalue weighted by Gasteiger charge is -2.22. The van der Waals surface area contributed by atoms with Crippen molar-refractivity contribution in [3.63, 3.8) is 0 Å². The first-order chi connectivity index (χ1) is 16.4. The van der Waals surface area contributed by atoms with Gasteiger partial charge in [0.1, 0.15) is 5.82 Å². The van der Waals surface area contributed by atoms with E-state index in [0.717, 1.165) is 11.1 Å². The first-order valence-electron chi connectivity index (χ1n) is 11.1. The summed E-state index contributed by atoms with van der Waals surface area (Å²) in [7, 11) is 0. The molecule has 0 fully saturated rings. The van der Waals surface area contributed by atoms with E-state index in [1.165, 1.54) is 17.0 Å². The van der Waals surface area contributed by atoms with Gasteiger partial charge in [0.2, 0.25) is 17.7 Å². The summed E-state index contributed by atoms with van der Waals surface area (Å²) in [6.07, 6.45) is 0.770. The first kappa shape index (κ1) is 24.6. The van der Waals surface area contributed by atoms with Gasteiger partial charge in [0.15, 0.2) is 0 Å². The van der Waals surface area contributed by atoms with Gasteiger partial charge in [-0.05, 0) is 54.3 Å². The van der Waals surface area contributed by atoms with Gasteiger partial charge in [-0.3, -0.25) is 14.4 Å². The lowest BCUT2D eigenvalue weighted by atomic mass is 10.1. The minimum absolute atomic E-state index is 0.164. The molecule has 3 aromatic carbocycles. The molecule has 0 radical (unpaired) electrons. The number of aryl methyl sites for hydroxylation is 2. The Bertz CT molecular complexity index is 1120. The summed E-state index contributed by atoms with van der Waals surface area (Å²) in [4.78, 5) is 39.1. The maximum absolute atomic E-state index is 13.3. The number of benzene rings is 3. The van der Waals surface area contributed by atoms with Crippen LogP contribution in [0.15, 0.2) is 78.9 Å². The summed E-state index contributed by atoms with van der Waals surface area (Å²) >= 11 is 0. The van der Waals surface area contributed by atoms with Crippen LogP contribution in [0, 0.1) is 12.7 Å². The highest BCUT2D eigenvalue weighted by molar-refractivity contribution is 5.95. The van der Waals surface area contributed by atoms with Crippen LogP contribution in [-0.2, 0) is 27.3 Å². The van der Waals surface area contributed by atoms with E-state index in [-0.39, 0.29) is 43.7 Å². The summed E-state index contributed by atoms with van der Waals surface area (Å²) in [5, 5.41) is 5.29. The number of hydrogen-bond acceptors (Lipinski definition) is 3. The number of nitrogens with one attached hydrogen (secondary N) is 2. The standard InChI is InChI=1S/C27H28FN3O3/c1-20-6-5-9-24(16-20)30-25(32)17-29-26(33)19-31(18-22-10-13-23(28)14-11-22)27(34)15-12-21-7-3-2-4-8-21/h2-11,13-14,16H,12,15,17-19H2,1H3,(H,29,33)(H,30,32). The zero-order valence-electron chi connectivity index (χ0n) is 19.1. The lowest BCUT2D eigenvalue weighted by Crippen LogP contribution is -2.42. The van der Waals surface area contributed by atoms with Crippen LogP contribution in [-0.4, -0.2) is 35.7 Å². The molecule has 34 heavy (non-hydrogen) atoms. The van der Waals surface area contributed by atoms with Crippen LogP contribution in [0.25, 0.3) is 0 Å². The lowest BCUT2D eigenvalue weighted by molar-refractivity contribution is -0.136. The minimum Gasteiger partial charge on any atom is -0.345 e. The zero-order chi connectivity index (χ0) is 24.3. The average Bonchev–Trinajstić information content (AvgIpc) is 2.83. The van der Waals surface area contributed by atoms with E-state index in [9.17, 15) is 18.8 Å². The Hall–Kier alpha value is -4.00. The number of amides is 3. The van der Waals surface area contributed by atoms with Crippen LogP contribution in [0.3, 0.4) is 0 Å². The minimum atomic E-state index is -0.449. The molecule has 0 aliphatic rings. The molecule has 0 aliphatic carbocycles. The smallest absolute Gasteiger partial charge is 0.243 e. The van der Waals surface area contributed by atoms with E-state index in [1.807, 2.05) is 55.5 Å². The molecule has 0 aromatic heterocycles. The number of nitrogens with zero attached hydrogens (tertiary/aromatic N) is 1. The second kappa shape index (κ2) is 12.3. The van der Waals surface area contributed by atoms with Gasteiger partial charge in [-0.25, -0.2) is 4.39 Å². The Morgan fingerprint density at radius 2 is 1.59 bits per heavy atom. The molecule has 0 bridgehead atoms. The number of hydrogen-bond donors (Lipinski definition) is 2. The molecule has 0 saturated heterocycles. The van der Waals surface area contributed by atoms with E-state index >= 15 is 0 Å². The van der Waals surface area contributed by atoms with E-state index in [1.54, 1.807) is 18.2 Å². The summed E-state index contributed by atoms with van der Waals surface area (Å²) < 4.78 is 13.3. The van der Waals surface area contributed by atoms with Crippen LogP contribution < -0.4 is 10.6 Å². The number of anilines is 1. The average molecular weight is 462 g/mol. The Balaban J connectivity index is 1.57. The Labute approximate surface area is 198 Å². The van der Waals surface area contributed by atoms with Crippen molar-refractivity contribution < 1.29 is 18.8 Å². The molecule has 0 spiro atoms. The summed E-state index contributed by atoms with van der Waals surface area (Å²) in [5.74, 6) is -1.38. The fraction of sp³-hybridized carbons (Fsp3) is 0.222. The molecule has 3 aromatic rings. The van der Waals surface area contributed by atoms with Gasteiger partial charge in [-0.1, -0.05) is 54.6 Å². The first-order valence-corrected chi connectivity index (χ1v) is 11.1. The van der Waals surface area contributed by atoms with Gasteiger partial charge in [0.05, 0.1) is 13.1 Å². The van der Waals surface area contributed by atoms with E-state index in [0.29, 0.717) is 17.7 Å². The van der Waals surface area contributed by atoms with Crippen molar-refractivity contribution in [2.24, 2.45) is 0 Å². The SMILES string of the molecule is Cc1cccc(NC(=O)CNC(=O)CN(Cc2ccc(F)cc2)C(=O)CCc2ccccc2)c1. The molecular weight excluding hydrogens is 433 g/mol. The molecule has 0 aliphatic heterocycles. The fourth-order valence-corrected chi connectivity index (χ4v) is 3.43. The van der Waals surface area contributed by atoms with Gasteiger partial charge in [0, 0.05) is 18.7 Å². The molecule has 3 rings (SSSR count). The maximum Gasteiger partial charge on any atom is 0.243 e. The summed E-state index contributed by atoms with van der Waals surface area (Å²) in [6.45, 7) is 1.66. The second-order valence-corrected chi connectivity index (χ2v) is 8.06. The molecule has 0 saturated carbocycles. The third-order valence-electron chi connectivity index (χ3n) is 5.19. The molecular formula is C27H28FN3O3. The molecule has 2 N–H and O–H groups in total. The number of halogens is 1. The topological polar surface area (TPSA) is 78.5 Å². The Morgan fingerprint density at radius 3 is 2.29 bits per heavy atom. The second-order valence-electron chi connectivity index (χ2n) is 8.06. The van der Waals surface area contributed by atoms with E-state index in [4.69, 9.17) is 0 Å². The Morgan fingerprint density at radius 1 is 0.853 bits per heavy atom. The number of carbonyl (C=O) groups excluding carboxylic acids is 3. The summed E-state index contributed by atoms with van der Waals surface area (Å²) in [5.41, 5.74) is 3.38. The van der Waals surface area contributed by atoms with Crippen LogP contribution in [0.4, 0.5) is 10.1 Å². The molecule has 0 unspecified atom stereocenters.